The lowest BCUT2D eigenvalue weighted by Gasteiger charge is -2.19. The van der Waals surface area contributed by atoms with Crippen LogP contribution in [0, 0.1) is 0 Å². The molecule has 1 saturated heterocycles. The van der Waals surface area contributed by atoms with Crippen LogP contribution >= 0.6 is 0 Å². The highest BCUT2D eigenvalue weighted by atomic mass is 16.6. The Kier molecular flexibility index (Phi) is 7.93. The third kappa shape index (κ3) is 6.34. The SMILES string of the molecule is CC(C)(C)OC(=O)CCc1ccc(CCNc2nc(N)c3ncn(C4O[C@H](CO)[C@@H](O)[C@H]4O)c3n2)cc1. The van der Waals surface area contributed by atoms with Crippen molar-refractivity contribution < 1.29 is 29.6 Å². The number of hydrogen-bond donors (Lipinski definition) is 5. The highest BCUT2D eigenvalue weighted by Crippen LogP contribution is 2.32. The van der Waals surface area contributed by atoms with Crippen LogP contribution in [0.15, 0.2) is 30.6 Å². The van der Waals surface area contributed by atoms with Crippen molar-refractivity contribution in [1.29, 1.82) is 0 Å². The number of nitrogens with two attached hydrogens (primary N) is 1. The van der Waals surface area contributed by atoms with Gasteiger partial charge in [0.1, 0.15) is 29.4 Å². The molecule has 37 heavy (non-hydrogen) atoms. The maximum atomic E-state index is 11.9. The Balaban J connectivity index is 1.35. The lowest BCUT2D eigenvalue weighted by molar-refractivity contribution is -0.154. The normalized spacial score (nSPS) is 21.9. The average molecular weight is 515 g/mol. The maximum absolute atomic E-state index is 11.9. The first-order valence-electron chi connectivity index (χ1n) is 12.2. The lowest BCUT2D eigenvalue weighted by atomic mass is 10.1. The number of aliphatic hydroxyl groups is 3. The number of carbonyl (C=O) groups excluding carboxylic acids is 1. The molecule has 0 aliphatic carbocycles. The maximum Gasteiger partial charge on any atom is 0.306 e. The number of fused-ring (bicyclic) bond motifs is 1. The average Bonchev–Trinajstić information content (AvgIpc) is 3.38. The van der Waals surface area contributed by atoms with Gasteiger partial charge in [-0.15, -0.1) is 0 Å². The summed E-state index contributed by atoms with van der Waals surface area (Å²) in [6, 6.07) is 8.03. The van der Waals surface area contributed by atoms with Gasteiger partial charge in [0.15, 0.2) is 17.7 Å². The molecule has 1 fully saturated rings. The van der Waals surface area contributed by atoms with Gasteiger partial charge in [-0.1, -0.05) is 24.3 Å². The molecule has 3 heterocycles. The highest BCUT2D eigenvalue weighted by molar-refractivity contribution is 5.83. The summed E-state index contributed by atoms with van der Waals surface area (Å²) in [5, 5.41) is 33.0. The first-order valence-corrected chi connectivity index (χ1v) is 12.2. The molecule has 0 radical (unpaired) electrons. The van der Waals surface area contributed by atoms with Crippen LogP contribution in [-0.4, -0.2) is 77.9 Å². The number of imidazole rings is 1. The number of nitrogens with one attached hydrogen (secondary N) is 1. The monoisotopic (exact) mass is 514 g/mol. The molecule has 6 N–H and O–H groups in total. The van der Waals surface area contributed by atoms with Gasteiger partial charge in [-0.3, -0.25) is 9.36 Å². The number of nitrogen functional groups attached to an aromatic ring is 1. The zero-order valence-corrected chi connectivity index (χ0v) is 21.2. The second-order valence-electron chi connectivity index (χ2n) is 10.1. The fourth-order valence-corrected chi connectivity index (χ4v) is 4.14. The number of anilines is 2. The van der Waals surface area contributed by atoms with Crippen molar-refractivity contribution in [3.05, 3.63) is 41.7 Å². The predicted molar refractivity (Wildman–Crippen MR) is 136 cm³/mol. The molecule has 1 aliphatic rings. The van der Waals surface area contributed by atoms with Crippen molar-refractivity contribution in [3.63, 3.8) is 0 Å². The fourth-order valence-electron chi connectivity index (χ4n) is 4.14. The van der Waals surface area contributed by atoms with Crippen molar-refractivity contribution in [2.75, 3.05) is 24.2 Å². The second-order valence-corrected chi connectivity index (χ2v) is 10.1. The van der Waals surface area contributed by atoms with Gasteiger partial charge in [-0.2, -0.15) is 9.97 Å². The van der Waals surface area contributed by atoms with Crippen molar-refractivity contribution in [2.45, 2.75) is 70.2 Å². The van der Waals surface area contributed by atoms with Crippen LogP contribution in [0.3, 0.4) is 0 Å². The summed E-state index contributed by atoms with van der Waals surface area (Å²) in [5.74, 6) is 0.233. The molecular weight excluding hydrogens is 480 g/mol. The lowest BCUT2D eigenvalue weighted by Crippen LogP contribution is -2.33. The first kappa shape index (κ1) is 26.7. The van der Waals surface area contributed by atoms with Gasteiger partial charge in [0, 0.05) is 13.0 Å². The Morgan fingerprint density at radius 3 is 2.43 bits per heavy atom. The van der Waals surface area contributed by atoms with E-state index in [-0.39, 0.29) is 17.7 Å². The summed E-state index contributed by atoms with van der Waals surface area (Å²) in [6.07, 6.45) is -1.36. The number of nitrogens with zero attached hydrogens (tertiary/aromatic N) is 4. The molecule has 0 spiro atoms. The van der Waals surface area contributed by atoms with Crippen LogP contribution in [0.25, 0.3) is 11.2 Å². The predicted octanol–water partition coefficient (Wildman–Crippen LogP) is 0.949. The summed E-state index contributed by atoms with van der Waals surface area (Å²) in [5.41, 5.74) is 8.42. The second kappa shape index (κ2) is 11.0. The molecule has 1 unspecified atom stereocenters. The number of hydrogen-bond acceptors (Lipinski definition) is 11. The quantitative estimate of drug-likeness (QED) is 0.257. The molecule has 1 aromatic carbocycles. The van der Waals surface area contributed by atoms with E-state index in [1.54, 1.807) is 0 Å². The van der Waals surface area contributed by atoms with Gasteiger partial charge in [0.2, 0.25) is 5.95 Å². The molecule has 12 nitrogen and oxygen atoms in total. The molecule has 200 valence electrons. The number of aryl methyl sites for hydroxylation is 1. The number of aromatic nitrogens is 4. The van der Waals surface area contributed by atoms with Crippen molar-refractivity contribution in [2.24, 2.45) is 0 Å². The van der Waals surface area contributed by atoms with E-state index in [2.05, 4.69) is 20.3 Å². The van der Waals surface area contributed by atoms with E-state index < -0.39 is 36.7 Å². The van der Waals surface area contributed by atoms with Crippen LogP contribution in [0.2, 0.25) is 0 Å². The van der Waals surface area contributed by atoms with Gasteiger partial charge in [0.05, 0.1) is 12.9 Å². The van der Waals surface area contributed by atoms with E-state index in [1.807, 2.05) is 45.0 Å². The first-order chi connectivity index (χ1) is 17.6. The minimum absolute atomic E-state index is 0.160. The Labute approximate surface area is 214 Å². The molecule has 4 atom stereocenters. The van der Waals surface area contributed by atoms with Crippen molar-refractivity contribution in [1.82, 2.24) is 19.5 Å². The van der Waals surface area contributed by atoms with Gasteiger partial charge in [-0.05, 0) is 44.7 Å². The Morgan fingerprint density at radius 1 is 1.14 bits per heavy atom. The summed E-state index contributed by atoms with van der Waals surface area (Å²) in [6.45, 7) is 5.66. The number of rotatable bonds is 9. The number of carbonyl (C=O) groups is 1. The molecular formula is C25H34N6O6. The topological polar surface area (TPSA) is 178 Å². The zero-order chi connectivity index (χ0) is 26.7. The van der Waals surface area contributed by atoms with Crippen LogP contribution < -0.4 is 11.1 Å². The van der Waals surface area contributed by atoms with Crippen LogP contribution in [0.5, 0.6) is 0 Å². The summed E-state index contributed by atoms with van der Waals surface area (Å²) >= 11 is 0. The van der Waals surface area contributed by atoms with Crippen LogP contribution in [-0.2, 0) is 27.1 Å². The fraction of sp³-hybridized carbons (Fsp3) is 0.520. The van der Waals surface area contributed by atoms with Gasteiger partial charge >= 0.3 is 5.97 Å². The van der Waals surface area contributed by atoms with E-state index in [0.29, 0.717) is 37.0 Å². The minimum Gasteiger partial charge on any atom is -0.460 e. The van der Waals surface area contributed by atoms with Crippen LogP contribution in [0.1, 0.15) is 44.5 Å². The standard InChI is InChI=1S/C25H34N6O6/c1-25(2,3)37-17(33)9-8-14-4-6-15(7-5-14)10-11-27-24-29-21(26)18-22(30-24)31(13-28-18)23-20(35)19(34)16(12-32)36-23/h4-7,13,16,19-20,23,32,34-35H,8-12H2,1-3H3,(H3,26,27,29,30)/t16-,19-,20-,23?/m1/s1. The Morgan fingerprint density at radius 2 is 1.81 bits per heavy atom. The van der Waals surface area contributed by atoms with Gasteiger partial charge in [-0.25, -0.2) is 4.98 Å². The molecule has 12 heteroatoms. The Bertz CT molecular complexity index is 1220. The minimum atomic E-state index is -1.27. The third-order valence-corrected chi connectivity index (χ3v) is 6.00. The molecule has 0 saturated carbocycles. The molecule has 0 amide bonds. The summed E-state index contributed by atoms with van der Waals surface area (Å²) < 4.78 is 12.4. The molecule has 2 aromatic heterocycles. The molecule has 1 aliphatic heterocycles. The van der Waals surface area contributed by atoms with Gasteiger partial charge < -0.3 is 35.8 Å². The van der Waals surface area contributed by atoms with Crippen molar-refractivity contribution >= 4 is 28.9 Å². The van der Waals surface area contributed by atoms with E-state index in [1.165, 1.54) is 10.9 Å². The van der Waals surface area contributed by atoms with Crippen LogP contribution in [0.4, 0.5) is 11.8 Å². The van der Waals surface area contributed by atoms with E-state index in [9.17, 15) is 20.1 Å². The Hall–Kier alpha value is -3.32. The summed E-state index contributed by atoms with van der Waals surface area (Å²) in [4.78, 5) is 24.9. The third-order valence-electron chi connectivity index (χ3n) is 6.00. The van der Waals surface area contributed by atoms with E-state index >= 15 is 0 Å². The van der Waals surface area contributed by atoms with E-state index in [0.717, 1.165) is 11.1 Å². The number of aliphatic hydroxyl groups excluding tert-OH is 3. The zero-order valence-electron chi connectivity index (χ0n) is 21.2. The highest BCUT2D eigenvalue weighted by Gasteiger charge is 2.44. The van der Waals surface area contributed by atoms with E-state index in [4.69, 9.17) is 15.2 Å². The summed E-state index contributed by atoms with van der Waals surface area (Å²) in [7, 11) is 0. The van der Waals surface area contributed by atoms with Crippen molar-refractivity contribution in [3.8, 4) is 0 Å². The largest absolute Gasteiger partial charge is 0.460 e. The number of ether oxygens (including phenoxy) is 2. The smallest absolute Gasteiger partial charge is 0.306 e. The number of esters is 1. The van der Waals surface area contributed by atoms with Gasteiger partial charge in [0.25, 0.3) is 0 Å². The molecule has 0 bridgehead atoms. The molecule has 4 rings (SSSR count). The molecule has 3 aromatic rings. The number of benzene rings is 1.